The summed E-state index contributed by atoms with van der Waals surface area (Å²) in [4.78, 5) is -0.0951. The van der Waals surface area contributed by atoms with Gasteiger partial charge in [0.1, 0.15) is 9.90 Å². The van der Waals surface area contributed by atoms with Crippen LogP contribution in [0.15, 0.2) is 17.0 Å². The van der Waals surface area contributed by atoms with Crippen LogP contribution in [0.2, 0.25) is 10.0 Å². The summed E-state index contributed by atoms with van der Waals surface area (Å²) in [7, 11) is -3.88. The van der Waals surface area contributed by atoms with Crippen LogP contribution in [-0.2, 0) is 23.0 Å². The van der Waals surface area contributed by atoms with E-state index >= 15 is 0 Å². The molecule has 0 unspecified atom stereocenters. The number of nitrogens with one attached hydrogen (secondary N) is 1. The minimum Gasteiger partial charge on any atom is -0.326 e. The zero-order valence-electron chi connectivity index (χ0n) is 10.9. The smallest absolute Gasteiger partial charge is 0.265 e. The van der Waals surface area contributed by atoms with E-state index in [9.17, 15) is 8.42 Å². The summed E-state index contributed by atoms with van der Waals surface area (Å²) in [6.07, 6.45) is 0.679. The first-order chi connectivity index (χ1) is 9.89. The second-order valence-electron chi connectivity index (χ2n) is 4.00. The third-order valence-corrected chi connectivity index (χ3v) is 6.03. The normalized spacial score (nSPS) is 11.6. The molecule has 114 valence electrons. The number of halogens is 2. The summed E-state index contributed by atoms with van der Waals surface area (Å²) in [5, 5.41) is 8.88. The number of hydrogen-bond donors (Lipinski definition) is 2. The van der Waals surface area contributed by atoms with Gasteiger partial charge in [0.05, 0.1) is 5.02 Å². The van der Waals surface area contributed by atoms with Gasteiger partial charge in [-0.1, -0.05) is 41.5 Å². The number of nitrogens with zero attached hydrogens (tertiary/aromatic N) is 2. The van der Waals surface area contributed by atoms with E-state index < -0.39 is 10.0 Å². The van der Waals surface area contributed by atoms with E-state index in [0.29, 0.717) is 17.0 Å². The van der Waals surface area contributed by atoms with Crippen LogP contribution in [0.4, 0.5) is 5.13 Å². The molecule has 0 bridgehead atoms. The summed E-state index contributed by atoms with van der Waals surface area (Å²) < 4.78 is 27.1. The molecule has 0 aliphatic heterocycles. The van der Waals surface area contributed by atoms with E-state index in [-0.39, 0.29) is 21.6 Å². The molecule has 6 nitrogen and oxygen atoms in total. The standard InChI is InChI=1S/C11H12Cl2N4O2S2/c1-2-9-15-16-11(20-9)17-21(18,19)8-4-3-7(12)6(5-14)10(8)13/h3-4H,2,5,14H2,1H3,(H,16,17). The molecule has 1 aromatic heterocycles. The number of nitrogens with two attached hydrogens (primary N) is 1. The van der Waals surface area contributed by atoms with E-state index in [0.717, 1.165) is 5.01 Å². The molecule has 21 heavy (non-hydrogen) atoms. The fourth-order valence-corrected chi connectivity index (χ4v) is 4.42. The number of benzene rings is 1. The van der Waals surface area contributed by atoms with Crippen molar-refractivity contribution in [2.24, 2.45) is 5.73 Å². The minimum atomic E-state index is -3.88. The molecular weight excluding hydrogens is 355 g/mol. The highest BCUT2D eigenvalue weighted by Crippen LogP contribution is 2.32. The van der Waals surface area contributed by atoms with Gasteiger partial charge in [0.15, 0.2) is 0 Å². The van der Waals surface area contributed by atoms with Crippen LogP contribution in [0.3, 0.4) is 0 Å². The van der Waals surface area contributed by atoms with Crippen LogP contribution in [0.1, 0.15) is 17.5 Å². The first kappa shape index (κ1) is 16.4. The van der Waals surface area contributed by atoms with Crippen LogP contribution >= 0.6 is 34.5 Å². The Labute approximate surface area is 136 Å². The largest absolute Gasteiger partial charge is 0.326 e. The Morgan fingerprint density at radius 2 is 2.05 bits per heavy atom. The van der Waals surface area contributed by atoms with Crippen LogP contribution in [0, 0.1) is 0 Å². The molecule has 1 heterocycles. The van der Waals surface area contributed by atoms with Gasteiger partial charge in [-0.25, -0.2) is 8.42 Å². The van der Waals surface area contributed by atoms with Gasteiger partial charge in [-0.3, -0.25) is 4.72 Å². The third-order valence-electron chi connectivity index (χ3n) is 2.64. The zero-order chi connectivity index (χ0) is 15.6. The lowest BCUT2D eigenvalue weighted by Crippen LogP contribution is -2.14. The highest BCUT2D eigenvalue weighted by Gasteiger charge is 2.22. The van der Waals surface area contributed by atoms with Crippen molar-refractivity contribution >= 4 is 49.7 Å². The molecule has 0 fully saturated rings. The highest BCUT2D eigenvalue weighted by molar-refractivity contribution is 7.93. The van der Waals surface area contributed by atoms with Crippen LogP contribution in [-0.4, -0.2) is 18.6 Å². The molecule has 0 saturated heterocycles. The van der Waals surface area contributed by atoms with E-state index in [2.05, 4.69) is 14.9 Å². The van der Waals surface area contributed by atoms with Crippen molar-refractivity contribution in [3.63, 3.8) is 0 Å². The van der Waals surface area contributed by atoms with E-state index in [4.69, 9.17) is 28.9 Å². The van der Waals surface area contributed by atoms with Crippen molar-refractivity contribution in [1.82, 2.24) is 10.2 Å². The fourth-order valence-electron chi connectivity index (χ4n) is 1.58. The lowest BCUT2D eigenvalue weighted by molar-refractivity contribution is 0.601. The monoisotopic (exact) mass is 366 g/mol. The van der Waals surface area contributed by atoms with Gasteiger partial charge < -0.3 is 5.73 Å². The third kappa shape index (κ3) is 3.46. The molecule has 0 aliphatic rings. The fraction of sp³-hybridized carbons (Fsp3) is 0.273. The molecule has 0 atom stereocenters. The Kier molecular flexibility index (Phi) is 5.05. The lowest BCUT2D eigenvalue weighted by atomic mass is 10.2. The van der Waals surface area contributed by atoms with Crippen molar-refractivity contribution in [2.45, 2.75) is 24.8 Å². The topological polar surface area (TPSA) is 98.0 Å². The Hall–Kier alpha value is -0.930. The number of rotatable bonds is 5. The molecule has 2 rings (SSSR count). The Balaban J connectivity index is 2.40. The van der Waals surface area contributed by atoms with Crippen molar-refractivity contribution in [3.05, 3.63) is 32.7 Å². The first-order valence-corrected chi connectivity index (χ1v) is 8.96. The van der Waals surface area contributed by atoms with Crippen molar-refractivity contribution in [3.8, 4) is 0 Å². The second kappa shape index (κ2) is 6.45. The van der Waals surface area contributed by atoms with Crippen LogP contribution < -0.4 is 10.5 Å². The minimum absolute atomic E-state index is 0.0118. The van der Waals surface area contributed by atoms with Crippen molar-refractivity contribution in [2.75, 3.05) is 4.72 Å². The predicted octanol–water partition coefficient (Wildman–Crippen LogP) is 2.67. The maximum absolute atomic E-state index is 12.4. The maximum atomic E-state index is 12.4. The number of sulfonamides is 1. The Morgan fingerprint density at radius 1 is 1.33 bits per heavy atom. The quantitative estimate of drug-likeness (QED) is 0.847. The highest BCUT2D eigenvalue weighted by atomic mass is 35.5. The van der Waals surface area contributed by atoms with E-state index in [1.807, 2.05) is 6.92 Å². The van der Waals surface area contributed by atoms with Gasteiger partial charge in [0.25, 0.3) is 10.0 Å². The summed E-state index contributed by atoms with van der Waals surface area (Å²) >= 11 is 13.2. The Bertz CT molecular complexity index is 762. The van der Waals surface area contributed by atoms with Crippen molar-refractivity contribution < 1.29 is 8.42 Å². The van der Waals surface area contributed by atoms with Crippen LogP contribution in [0.25, 0.3) is 0 Å². The van der Waals surface area contributed by atoms with Crippen molar-refractivity contribution in [1.29, 1.82) is 0 Å². The van der Waals surface area contributed by atoms with Gasteiger partial charge in [0, 0.05) is 17.1 Å². The molecule has 1 aromatic carbocycles. The Morgan fingerprint density at radius 3 is 2.62 bits per heavy atom. The van der Waals surface area contributed by atoms with E-state index in [1.54, 1.807) is 0 Å². The molecule has 0 amide bonds. The molecule has 0 radical (unpaired) electrons. The molecule has 10 heteroatoms. The summed E-state index contributed by atoms with van der Waals surface area (Å²) in [6.45, 7) is 1.95. The number of aromatic nitrogens is 2. The van der Waals surface area contributed by atoms with Gasteiger partial charge in [-0.05, 0) is 18.6 Å². The molecule has 0 spiro atoms. The first-order valence-electron chi connectivity index (χ1n) is 5.91. The summed E-state index contributed by atoms with van der Waals surface area (Å²) in [6, 6.07) is 2.77. The number of aryl methyl sites for hydroxylation is 1. The summed E-state index contributed by atoms with van der Waals surface area (Å²) in [5.74, 6) is 0. The van der Waals surface area contributed by atoms with Gasteiger partial charge in [0.2, 0.25) is 5.13 Å². The predicted molar refractivity (Wildman–Crippen MR) is 84.4 cm³/mol. The molecule has 0 aliphatic carbocycles. The average Bonchev–Trinajstić information content (AvgIpc) is 2.85. The van der Waals surface area contributed by atoms with Gasteiger partial charge in [-0.2, -0.15) is 0 Å². The molecule has 3 N–H and O–H groups in total. The molecule has 0 saturated carbocycles. The zero-order valence-corrected chi connectivity index (χ0v) is 14.1. The second-order valence-corrected chi connectivity index (χ2v) is 7.50. The number of hydrogen-bond acceptors (Lipinski definition) is 6. The van der Waals surface area contributed by atoms with Crippen LogP contribution in [0.5, 0.6) is 0 Å². The molecular formula is C11H12Cl2N4O2S2. The average molecular weight is 367 g/mol. The van der Waals surface area contributed by atoms with Gasteiger partial charge in [-0.15, -0.1) is 10.2 Å². The lowest BCUT2D eigenvalue weighted by Gasteiger charge is -2.11. The molecule has 2 aromatic rings. The van der Waals surface area contributed by atoms with Gasteiger partial charge >= 0.3 is 0 Å². The summed E-state index contributed by atoms with van der Waals surface area (Å²) in [5.41, 5.74) is 5.92. The van der Waals surface area contributed by atoms with E-state index in [1.165, 1.54) is 23.5 Å². The SMILES string of the molecule is CCc1nnc(NS(=O)(=O)c2ccc(Cl)c(CN)c2Cl)s1. The maximum Gasteiger partial charge on any atom is 0.265 e. The number of anilines is 1.